The minimum Gasteiger partial charge on any atom is -0.497 e. The number of benzene rings is 1. The van der Waals surface area contributed by atoms with Gasteiger partial charge in [-0.1, -0.05) is 13.8 Å². The van der Waals surface area contributed by atoms with Gasteiger partial charge in [-0.15, -0.1) is 0 Å². The zero-order valence-electron chi connectivity index (χ0n) is 12.9. The molecule has 0 heterocycles. The van der Waals surface area contributed by atoms with Gasteiger partial charge in [0.05, 0.1) is 14.2 Å². The highest BCUT2D eigenvalue weighted by Gasteiger charge is 2.41. The fourth-order valence-corrected chi connectivity index (χ4v) is 3.14. The predicted molar refractivity (Wildman–Crippen MR) is 79.4 cm³/mol. The second-order valence-electron chi connectivity index (χ2n) is 5.99. The van der Waals surface area contributed by atoms with Gasteiger partial charge in [0.25, 0.3) is 0 Å². The molecule has 1 aliphatic rings. The van der Waals surface area contributed by atoms with E-state index in [0.29, 0.717) is 24.5 Å². The van der Waals surface area contributed by atoms with Crippen LogP contribution in [-0.4, -0.2) is 20.0 Å². The molecule has 0 aliphatic heterocycles. The Morgan fingerprint density at radius 2 is 2.05 bits per heavy atom. The first-order valence-corrected chi connectivity index (χ1v) is 7.25. The van der Waals surface area contributed by atoms with E-state index in [1.807, 2.05) is 18.2 Å². The van der Waals surface area contributed by atoms with Crippen molar-refractivity contribution in [3.05, 3.63) is 23.8 Å². The molecule has 1 saturated carbocycles. The number of methoxy groups -OCH3 is 2. The molecule has 0 saturated heterocycles. The number of hydrogen-bond donors (Lipinski definition) is 0. The van der Waals surface area contributed by atoms with Crippen LogP contribution >= 0.6 is 0 Å². The normalized spacial score (nSPS) is 26.4. The maximum atomic E-state index is 12.4. The molecule has 1 fully saturated rings. The Morgan fingerprint density at radius 1 is 1.30 bits per heavy atom. The summed E-state index contributed by atoms with van der Waals surface area (Å²) in [4.78, 5) is 12.4. The van der Waals surface area contributed by atoms with E-state index >= 15 is 0 Å². The molecule has 3 heteroatoms. The van der Waals surface area contributed by atoms with Crippen molar-refractivity contribution in [1.29, 1.82) is 0 Å². The smallest absolute Gasteiger partial charge is 0.139 e. The third-order valence-corrected chi connectivity index (χ3v) is 4.81. The Labute approximate surface area is 121 Å². The Kier molecular flexibility index (Phi) is 4.36. The second kappa shape index (κ2) is 5.86. The maximum absolute atomic E-state index is 12.4. The molecule has 110 valence electrons. The number of carbonyl (C=O) groups excluding carboxylic acids is 1. The van der Waals surface area contributed by atoms with E-state index in [2.05, 4.69) is 13.8 Å². The lowest BCUT2D eigenvalue weighted by Gasteiger charge is -2.38. The molecule has 0 amide bonds. The van der Waals surface area contributed by atoms with Crippen LogP contribution in [0.25, 0.3) is 0 Å². The molecule has 0 N–H and O–H groups in total. The van der Waals surface area contributed by atoms with E-state index in [0.717, 1.165) is 29.9 Å². The highest BCUT2D eigenvalue weighted by Crippen LogP contribution is 2.42. The first kappa shape index (κ1) is 14.9. The van der Waals surface area contributed by atoms with Crippen LogP contribution in [0.15, 0.2) is 18.2 Å². The minimum absolute atomic E-state index is 0.294. The fraction of sp³-hybridized carbons (Fsp3) is 0.588. The van der Waals surface area contributed by atoms with Crippen molar-refractivity contribution in [3.63, 3.8) is 0 Å². The summed E-state index contributed by atoms with van der Waals surface area (Å²) in [7, 11) is 3.32. The van der Waals surface area contributed by atoms with Crippen LogP contribution in [0, 0.1) is 11.3 Å². The minimum atomic E-state index is -0.294. The quantitative estimate of drug-likeness (QED) is 0.842. The molecule has 0 radical (unpaired) electrons. The van der Waals surface area contributed by atoms with Crippen LogP contribution < -0.4 is 9.47 Å². The van der Waals surface area contributed by atoms with Crippen molar-refractivity contribution in [3.8, 4) is 11.5 Å². The second-order valence-corrected chi connectivity index (χ2v) is 5.99. The van der Waals surface area contributed by atoms with E-state index in [-0.39, 0.29) is 5.41 Å². The number of Topliss-reactive ketones (excluding diaryl/α,β-unsaturated/α-hetero) is 1. The van der Waals surface area contributed by atoms with Crippen molar-refractivity contribution in [2.24, 2.45) is 11.3 Å². The van der Waals surface area contributed by atoms with Gasteiger partial charge >= 0.3 is 0 Å². The summed E-state index contributed by atoms with van der Waals surface area (Å²) in [5, 5.41) is 0. The first-order chi connectivity index (χ1) is 9.51. The van der Waals surface area contributed by atoms with E-state index in [4.69, 9.17) is 9.47 Å². The van der Waals surface area contributed by atoms with Gasteiger partial charge in [0.2, 0.25) is 0 Å². The average Bonchev–Trinajstić information content (AvgIpc) is 2.45. The Bertz CT molecular complexity index is 495. The summed E-state index contributed by atoms with van der Waals surface area (Å²) in [6.07, 6.45) is 3.56. The van der Waals surface area contributed by atoms with Crippen molar-refractivity contribution in [2.45, 2.75) is 39.5 Å². The van der Waals surface area contributed by atoms with E-state index in [1.165, 1.54) is 0 Å². The largest absolute Gasteiger partial charge is 0.497 e. The van der Waals surface area contributed by atoms with E-state index in [1.54, 1.807) is 14.2 Å². The lowest BCUT2D eigenvalue weighted by molar-refractivity contribution is -0.133. The summed E-state index contributed by atoms with van der Waals surface area (Å²) >= 11 is 0. The summed E-state index contributed by atoms with van der Waals surface area (Å²) in [5.41, 5.74) is 0.759. The summed E-state index contributed by atoms with van der Waals surface area (Å²) < 4.78 is 10.7. The number of ketones is 1. The molecule has 1 aliphatic carbocycles. The molecular formula is C17H24O3. The molecule has 0 aromatic heterocycles. The maximum Gasteiger partial charge on any atom is 0.139 e. The van der Waals surface area contributed by atoms with Crippen LogP contribution in [0.5, 0.6) is 11.5 Å². The first-order valence-electron chi connectivity index (χ1n) is 7.25. The van der Waals surface area contributed by atoms with Crippen LogP contribution in [0.2, 0.25) is 0 Å². The predicted octanol–water partition coefficient (Wildman–Crippen LogP) is 3.64. The van der Waals surface area contributed by atoms with Crippen LogP contribution in [-0.2, 0) is 11.2 Å². The van der Waals surface area contributed by atoms with Gasteiger partial charge in [-0.2, -0.15) is 0 Å². The Morgan fingerprint density at radius 3 is 2.65 bits per heavy atom. The fourth-order valence-electron chi connectivity index (χ4n) is 3.14. The van der Waals surface area contributed by atoms with Crippen molar-refractivity contribution in [1.82, 2.24) is 0 Å². The molecule has 3 nitrogen and oxygen atoms in total. The van der Waals surface area contributed by atoms with Crippen LogP contribution in [0.1, 0.15) is 38.7 Å². The van der Waals surface area contributed by atoms with Gasteiger partial charge < -0.3 is 9.47 Å². The average molecular weight is 276 g/mol. The molecule has 0 spiro atoms. The molecule has 0 bridgehead atoms. The summed E-state index contributed by atoms with van der Waals surface area (Å²) in [5.74, 6) is 2.42. The van der Waals surface area contributed by atoms with E-state index in [9.17, 15) is 4.79 Å². The molecule has 20 heavy (non-hydrogen) atoms. The van der Waals surface area contributed by atoms with Gasteiger partial charge in [-0.05, 0) is 48.9 Å². The van der Waals surface area contributed by atoms with Gasteiger partial charge in [0, 0.05) is 11.8 Å². The molecule has 1 aromatic carbocycles. The standard InChI is InChI=1S/C17H24O3/c1-12-6-5-7-16(18)17(12,2)11-13-10-14(19-3)8-9-15(13)20-4/h8-10,12H,5-7,11H2,1-4H3/t12-,17+/m1/s1. The molecular weight excluding hydrogens is 252 g/mol. The Balaban J connectivity index is 2.34. The monoisotopic (exact) mass is 276 g/mol. The number of rotatable bonds is 4. The molecule has 2 atom stereocenters. The SMILES string of the molecule is COc1ccc(OC)c(C[C@]2(C)C(=O)CCC[C@H]2C)c1. The zero-order chi connectivity index (χ0) is 14.8. The van der Waals surface area contributed by atoms with Crippen molar-refractivity contribution >= 4 is 5.78 Å². The lowest BCUT2D eigenvalue weighted by Crippen LogP contribution is -2.40. The third-order valence-electron chi connectivity index (χ3n) is 4.81. The third kappa shape index (κ3) is 2.67. The number of ether oxygens (including phenoxy) is 2. The molecule has 2 rings (SSSR count). The number of carbonyl (C=O) groups is 1. The Hall–Kier alpha value is -1.51. The summed E-state index contributed by atoms with van der Waals surface area (Å²) in [6, 6.07) is 5.78. The zero-order valence-corrected chi connectivity index (χ0v) is 12.9. The van der Waals surface area contributed by atoms with Gasteiger partial charge in [0.1, 0.15) is 17.3 Å². The highest BCUT2D eigenvalue weighted by molar-refractivity contribution is 5.85. The van der Waals surface area contributed by atoms with E-state index < -0.39 is 0 Å². The van der Waals surface area contributed by atoms with Crippen LogP contribution in [0.3, 0.4) is 0 Å². The van der Waals surface area contributed by atoms with Gasteiger partial charge in [-0.25, -0.2) is 0 Å². The summed E-state index contributed by atoms with van der Waals surface area (Å²) in [6.45, 7) is 4.28. The van der Waals surface area contributed by atoms with Crippen molar-refractivity contribution < 1.29 is 14.3 Å². The molecule has 0 unspecified atom stereocenters. The van der Waals surface area contributed by atoms with Crippen molar-refractivity contribution in [2.75, 3.05) is 14.2 Å². The molecule has 1 aromatic rings. The number of hydrogen-bond acceptors (Lipinski definition) is 3. The highest BCUT2D eigenvalue weighted by atomic mass is 16.5. The van der Waals surface area contributed by atoms with Gasteiger partial charge in [-0.3, -0.25) is 4.79 Å². The van der Waals surface area contributed by atoms with Gasteiger partial charge in [0.15, 0.2) is 0 Å². The topological polar surface area (TPSA) is 35.5 Å². The lowest BCUT2D eigenvalue weighted by atomic mass is 9.64. The van der Waals surface area contributed by atoms with Crippen LogP contribution in [0.4, 0.5) is 0 Å².